The largest absolute Gasteiger partial charge is 0.324 e. The van der Waals surface area contributed by atoms with Crippen molar-refractivity contribution in [1.82, 2.24) is 14.8 Å². The van der Waals surface area contributed by atoms with Gasteiger partial charge in [-0.3, -0.25) is 4.57 Å². The Morgan fingerprint density at radius 3 is 2.55 bits per heavy atom. The Morgan fingerprint density at radius 2 is 1.95 bits per heavy atom. The van der Waals surface area contributed by atoms with Crippen LogP contribution in [-0.2, 0) is 6.54 Å². The molecule has 0 aliphatic heterocycles. The molecule has 3 rings (SSSR count). The molecule has 0 spiro atoms. The van der Waals surface area contributed by atoms with Gasteiger partial charge in [0.15, 0.2) is 11.0 Å². The van der Waals surface area contributed by atoms with Gasteiger partial charge in [-0.15, -0.1) is 10.2 Å². The van der Waals surface area contributed by atoms with Gasteiger partial charge in [0.1, 0.15) is 5.82 Å². The molecule has 8 heteroatoms. The molecule has 2 aromatic rings. The lowest BCUT2D eigenvalue weighted by Gasteiger charge is -2.09. The molecule has 1 fully saturated rings. The maximum atomic E-state index is 13.0. The minimum atomic E-state index is -2.49. The molecule has 2 N–H and O–H groups in total. The van der Waals surface area contributed by atoms with Crippen LogP contribution in [0.15, 0.2) is 29.4 Å². The fourth-order valence-electron chi connectivity index (χ4n) is 2.25. The van der Waals surface area contributed by atoms with E-state index in [-0.39, 0.29) is 18.8 Å². The number of benzene rings is 1. The van der Waals surface area contributed by atoms with Crippen LogP contribution in [0.25, 0.3) is 5.69 Å². The predicted molar refractivity (Wildman–Crippen MR) is 77.6 cm³/mol. The number of halogens is 3. The Labute approximate surface area is 129 Å². The summed E-state index contributed by atoms with van der Waals surface area (Å²) in [5.74, 6) is -2.27. The number of hydrogen-bond acceptors (Lipinski definition) is 4. The number of aromatic nitrogens is 3. The van der Waals surface area contributed by atoms with Crippen LogP contribution >= 0.6 is 11.8 Å². The number of hydrogen-bond donors (Lipinski definition) is 1. The zero-order valence-corrected chi connectivity index (χ0v) is 12.5. The summed E-state index contributed by atoms with van der Waals surface area (Å²) in [7, 11) is 0. The zero-order valence-electron chi connectivity index (χ0n) is 11.7. The van der Waals surface area contributed by atoms with E-state index in [1.165, 1.54) is 23.9 Å². The van der Waals surface area contributed by atoms with E-state index in [0.29, 0.717) is 28.8 Å². The van der Waals surface area contributed by atoms with Gasteiger partial charge in [0.25, 0.3) is 5.92 Å². The van der Waals surface area contributed by atoms with Crippen molar-refractivity contribution in [2.45, 2.75) is 30.5 Å². The van der Waals surface area contributed by atoms with E-state index in [4.69, 9.17) is 5.73 Å². The summed E-state index contributed by atoms with van der Waals surface area (Å²) >= 11 is 1.36. The van der Waals surface area contributed by atoms with Crippen LogP contribution in [0, 0.1) is 11.7 Å². The third-order valence-electron chi connectivity index (χ3n) is 3.62. The van der Waals surface area contributed by atoms with Crippen LogP contribution in [0.1, 0.15) is 18.7 Å². The van der Waals surface area contributed by atoms with Crippen molar-refractivity contribution in [3.05, 3.63) is 35.9 Å². The van der Waals surface area contributed by atoms with Gasteiger partial charge in [0, 0.05) is 23.8 Å². The standard InChI is InChI=1S/C14H15F3N4S/c15-10-1-3-11(4-2-10)21-12(8-18)19-20-13(21)22-6-5-9-7-14(9,16)17/h1-4,9H,5-8,18H2. The smallest absolute Gasteiger partial charge is 0.251 e. The summed E-state index contributed by atoms with van der Waals surface area (Å²) < 4.78 is 40.5. The molecule has 4 nitrogen and oxygen atoms in total. The molecule has 0 saturated heterocycles. The van der Waals surface area contributed by atoms with Crippen molar-refractivity contribution in [3.63, 3.8) is 0 Å². The van der Waals surface area contributed by atoms with Crippen LogP contribution in [0.5, 0.6) is 0 Å². The maximum absolute atomic E-state index is 13.0. The number of rotatable bonds is 6. The summed E-state index contributed by atoms with van der Waals surface area (Å²) in [6, 6.07) is 5.90. The van der Waals surface area contributed by atoms with E-state index in [9.17, 15) is 13.2 Å². The second-order valence-corrected chi connectivity index (χ2v) is 6.28. The third kappa shape index (κ3) is 3.12. The first-order chi connectivity index (χ1) is 10.5. The van der Waals surface area contributed by atoms with Gasteiger partial charge in [0.2, 0.25) is 0 Å². The van der Waals surface area contributed by atoms with Gasteiger partial charge in [-0.1, -0.05) is 11.8 Å². The van der Waals surface area contributed by atoms with E-state index < -0.39 is 11.8 Å². The summed E-state index contributed by atoms with van der Waals surface area (Å²) in [6.07, 6.45) is 0.415. The van der Waals surface area contributed by atoms with Crippen molar-refractivity contribution >= 4 is 11.8 Å². The topological polar surface area (TPSA) is 56.7 Å². The van der Waals surface area contributed by atoms with Crippen molar-refractivity contribution < 1.29 is 13.2 Å². The first-order valence-electron chi connectivity index (χ1n) is 6.92. The summed E-state index contributed by atoms with van der Waals surface area (Å²) in [5.41, 5.74) is 6.35. The van der Waals surface area contributed by atoms with Crippen LogP contribution < -0.4 is 5.73 Å². The highest BCUT2D eigenvalue weighted by Gasteiger charge is 2.55. The molecule has 1 aliphatic carbocycles. The van der Waals surface area contributed by atoms with Crippen molar-refractivity contribution in [1.29, 1.82) is 0 Å². The monoisotopic (exact) mass is 328 g/mol. The molecule has 1 heterocycles. The summed E-state index contributed by atoms with van der Waals surface area (Å²) in [5, 5.41) is 8.63. The van der Waals surface area contributed by atoms with Crippen LogP contribution in [0.2, 0.25) is 0 Å². The maximum Gasteiger partial charge on any atom is 0.251 e. The van der Waals surface area contributed by atoms with E-state index in [1.807, 2.05) is 0 Å². The van der Waals surface area contributed by atoms with Gasteiger partial charge >= 0.3 is 0 Å². The molecule has 0 radical (unpaired) electrons. The van der Waals surface area contributed by atoms with Crippen LogP contribution in [-0.4, -0.2) is 26.4 Å². The summed E-state index contributed by atoms with van der Waals surface area (Å²) in [6.45, 7) is 0.186. The molecule has 0 bridgehead atoms. The van der Waals surface area contributed by atoms with Gasteiger partial charge in [0.05, 0.1) is 6.54 Å². The number of alkyl halides is 2. The summed E-state index contributed by atoms with van der Waals surface area (Å²) in [4.78, 5) is 0. The van der Waals surface area contributed by atoms with Gasteiger partial charge in [-0.2, -0.15) is 0 Å². The molecule has 1 atom stereocenters. The molecule has 1 unspecified atom stereocenters. The Bertz CT molecular complexity index is 657. The Morgan fingerprint density at radius 1 is 1.27 bits per heavy atom. The molecule has 1 aliphatic rings. The van der Waals surface area contributed by atoms with E-state index >= 15 is 0 Å². The second kappa shape index (κ2) is 5.92. The van der Waals surface area contributed by atoms with E-state index in [0.717, 1.165) is 0 Å². The average Bonchev–Trinajstić information content (AvgIpc) is 2.93. The van der Waals surface area contributed by atoms with Gasteiger partial charge in [-0.25, -0.2) is 13.2 Å². The van der Waals surface area contributed by atoms with E-state index in [1.54, 1.807) is 16.7 Å². The molecule has 118 valence electrons. The Kier molecular flexibility index (Phi) is 4.14. The number of nitrogens with zero attached hydrogens (tertiary/aromatic N) is 3. The zero-order chi connectivity index (χ0) is 15.7. The highest BCUT2D eigenvalue weighted by atomic mass is 32.2. The van der Waals surface area contributed by atoms with Gasteiger partial charge in [-0.05, 0) is 30.7 Å². The normalized spacial score (nSPS) is 19.4. The van der Waals surface area contributed by atoms with Gasteiger partial charge < -0.3 is 5.73 Å². The average molecular weight is 328 g/mol. The SMILES string of the molecule is NCc1nnc(SCCC2CC2(F)F)n1-c1ccc(F)cc1. The Balaban J connectivity index is 1.74. The quantitative estimate of drug-likeness (QED) is 0.828. The molecule has 22 heavy (non-hydrogen) atoms. The molecule has 0 amide bonds. The first-order valence-corrected chi connectivity index (χ1v) is 7.91. The minimum absolute atomic E-state index is 0.0216. The number of nitrogens with two attached hydrogens (primary N) is 1. The van der Waals surface area contributed by atoms with Crippen LogP contribution in [0.3, 0.4) is 0 Å². The molecular formula is C14H15F3N4S. The minimum Gasteiger partial charge on any atom is -0.324 e. The van der Waals surface area contributed by atoms with Crippen molar-refractivity contribution in [3.8, 4) is 5.69 Å². The lowest BCUT2D eigenvalue weighted by Crippen LogP contribution is -2.08. The predicted octanol–water partition coefficient (Wildman–Crippen LogP) is 3.00. The molecule has 1 saturated carbocycles. The molecule has 1 aromatic heterocycles. The molecular weight excluding hydrogens is 313 g/mol. The second-order valence-electron chi connectivity index (χ2n) is 5.21. The number of thioether (sulfide) groups is 1. The Hall–Kier alpha value is -1.54. The van der Waals surface area contributed by atoms with E-state index in [2.05, 4.69) is 10.2 Å². The third-order valence-corrected chi connectivity index (χ3v) is 4.58. The molecule has 1 aromatic carbocycles. The lowest BCUT2D eigenvalue weighted by atomic mass is 10.3. The fourth-order valence-corrected chi connectivity index (χ4v) is 3.27. The highest BCUT2D eigenvalue weighted by molar-refractivity contribution is 7.99. The lowest BCUT2D eigenvalue weighted by molar-refractivity contribution is 0.0983. The van der Waals surface area contributed by atoms with Crippen molar-refractivity contribution in [2.24, 2.45) is 11.7 Å². The first kappa shape index (κ1) is 15.4. The van der Waals surface area contributed by atoms with Crippen molar-refractivity contribution in [2.75, 3.05) is 5.75 Å². The van der Waals surface area contributed by atoms with Crippen LogP contribution in [0.4, 0.5) is 13.2 Å². The fraction of sp³-hybridized carbons (Fsp3) is 0.429. The highest BCUT2D eigenvalue weighted by Crippen LogP contribution is 2.51.